The maximum Gasteiger partial charge on any atom is 0.269 e. The molecule has 1 aromatic carbocycles. The summed E-state index contributed by atoms with van der Waals surface area (Å²) >= 11 is 0. The van der Waals surface area contributed by atoms with Crippen molar-refractivity contribution in [3.63, 3.8) is 0 Å². The van der Waals surface area contributed by atoms with E-state index in [9.17, 15) is 15.2 Å². The first kappa shape index (κ1) is 13.4. The van der Waals surface area contributed by atoms with Gasteiger partial charge in [-0.05, 0) is 25.0 Å². The van der Waals surface area contributed by atoms with E-state index in [0.29, 0.717) is 0 Å². The van der Waals surface area contributed by atoms with Crippen LogP contribution in [0.4, 0.5) is 11.4 Å². The minimum Gasteiger partial charge on any atom is -0.394 e. The maximum absolute atomic E-state index is 10.5. The van der Waals surface area contributed by atoms with Crippen LogP contribution in [-0.4, -0.2) is 22.2 Å². The molecule has 0 radical (unpaired) electrons. The van der Waals surface area contributed by atoms with E-state index in [0.717, 1.165) is 18.5 Å². The Kier molecular flexibility index (Phi) is 4.45. The normalized spacial score (nSPS) is 11.2. The van der Waals surface area contributed by atoms with Crippen LogP contribution in [0.15, 0.2) is 24.3 Å². The lowest BCUT2D eigenvalue weighted by atomic mass is 9.93. The summed E-state index contributed by atoms with van der Waals surface area (Å²) in [7, 11) is 0. The van der Waals surface area contributed by atoms with Crippen molar-refractivity contribution in [1.82, 2.24) is 0 Å². The van der Waals surface area contributed by atoms with Crippen LogP contribution in [-0.2, 0) is 0 Å². The van der Waals surface area contributed by atoms with Gasteiger partial charge in [-0.25, -0.2) is 0 Å². The number of non-ortho nitro benzene ring substituents is 1. The first-order valence-corrected chi connectivity index (χ1v) is 5.70. The Bertz CT molecular complexity index is 364. The molecule has 1 aromatic rings. The Labute approximate surface area is 101 Å². The summed E-state index contributed by atoms with van der Waals surface area (Å²) in [6.45, 7) is 4.03. The molecule has 17 heavy (non-hydrogen) atoms. The first-order valence-electron chi connectivity index (χ1n) is 5.70. The van der Waals surface area contributed by atoms with Crippen molar-refractivity contribution in [2.75, 3.05) is 11.9 Å². The summed E-state index contributed by atoms with van der Waals surface area (Å²) < 4.78 is 0. The molecule has 0 unspecified atom stereocenters. The average molecular weight is 238 g/mol. The maximum atomic E-state index is 10.5. The molecule has 0 bridgehead atoms. The van der Waals surface area contributed by atoms with Crippen LogP contribution in [0, 0.1) is 10.1 Å². The van der Waals surface area contributed by atoms with Gasteiger partial charge in [0.15, 0.2) is 0 Å². The zero-order chi connectivity index (χ0) is 12.9. The molecule has 0 aliphatic heterocycles. The minimum atomic E-state index is -0.428. The van der Waals surface area contributed by atoms with Gasteiger partial charge < -0.3 is 10.4 Å². The Morgan fingerprint density at radius 2 is 1.82 bits per heavy atom. The number of hydrogen-bond acceptors (Lipinski definition) is 4. The molecule has 0 amide bonds. The lowest BCUT2D eigenvalue weighted by Gasteiger charge is -2.31. The van der Waals surface area contributed by atoms with Crippen molar-refractivity contribution in [2.24, 2.45) is 0 Å². The number of hydrogen-bond donors (Lipinski definition) is 2. The van der Waals surface area contributed by atoms with Gasteiger partial charge in [-0.1, -0.05) is 13.8 Å². The SMILES string of the molecule is CCC(CC)(CO)Nc1ccc([N+](=O)[O-])cc1. The van der Waals surface area contributed by atoms with E-state index in [1.54, 1.807) is 12.1 Å². The van der Waals surface area contributed by atoms with Crippen molar-refractivity contribution < 1.29 is 10.0 Å². The van der Waals surface area contributed by atoms with E-state index in [-0.39, 0.29) is 17.8 Å². The van der Waals surface area contributed by atoms with Gasteiger partial charge >= 0.3 is 0 Å². The average Bonchev–Trinajstić information content (AvgIpc) is 2.37. The van der Waals surface area contributed by atoms with Crippen LogP contribution in [0.1, 0.15) is 26.7 Å². The molecule has 0 atom stereocenters. The molecular weight excluding hydrogens is 220 g/mol. The molecule has 1 rings (SSSR count). The van der Waals surface area contributed by atoms with Crippen LogP contribution in [0.5, 0.6) is 0 Å². The first-order chi connectivity index (χ1) is 8.06. The number of anilines is 1. The van der Waals surface area contributed by atoms with Crippen LogP contribution in [0.2, 0.25) is 0 Å². The third-order valence-corrected chi connectivity index (χ3v) is 3.14. The quantitative estimate of drug-likeness (QED) is 0.590. The third-order valence-electron chi connectivity index (χ3n) is 3.14. The van der Waals surface area contributed by atoms with Gasteiger partial charge in [-0.3, -0.25) is 10.1 Å². The van der Waals surface area contributed by atoms with Crippen molar-refractivity contribution >= 4 is 11.4 Å². The number of nitro groups is 1. The van der Waals surface area contributed by atoms with Crippen LogP contribution in [0.3, 0.4) is 0 Å². The number of nitrogens with zero attached hydrogens (tertiary/aromatic N) is 1. The largest absolute Gasteiger partial charge is 0.394 e. The number of aliphatic hydroxyl groups is 1. The fourth-order valence-electron chi connectivity index (χ4n) is 1.66. The highest BCUT2D eigenvalue weighted by atomic mass is 16.6. The fraction of sp³-hybridized carbons (Fsp3) is 0.500. The number of nitrogens with one attached hydrogen (secondary N) is 1. The van der Waals surface area contributed by atoms with Crippen molar-refractivity contribution in [3.05, 3.63) is 34.4 Å². The summed E-state index contributed by atoms with van der Waals surface area (Å²) in [5.41, 5.74) is 0.502. The fourth-order valence-corrected chi connectivity index (χ4v) is 1.66. The zero-order valence-electron chi connectivity index (χ0n) is 10.1. The minimum absolute atomic E-state index is 0.0387. The highest BCUT2D eigenvalue weighted by Crippen LogP contribution is 2.23. The molecular formula is C12H18N2O3. The van der Waals surface area contributed by atoms with Gasteiger partial charge in [0, 0.05) is 17.8 Å². The monoisotopic (exact) mass is 238 g/mol. The number of benzene rings is 1. The van der Waals surface area contributed by atoms with Gasteiger partial charge in [-0.15, -0.1) is 0 Å². The Morgan fingerprint density at radius 3 is 2.18 bits per heavy atom. The summed E-state index contributed by atoms with van der Waals surface area (Å²) in [6.07, 6.45) is 1.58. The van der Waals surface area contributed by atoms with E-state index in [2.05, 4.69) is 5.32 Å². The second-order valence-electron chi connectivity index (χ2n) is 4.07. The molecule has 0 fully saturated rings. The Hall–Kier alpha value is -1.62. The molecule has 0 aliphatic carbocycles. The van der Waals surface area contributed by atoms with Crippen molar-refractivity contribution in [3.8, 4) is 0 Å². The summed E-state index contributed by atoms with van der Waals surface area (Å²) in [5, 5.41) is 23.2. The van der Waals surface area contributed by atoms with Gasteiger partial charge in [-0.2, -0.15) is 0 Å². The van der Waals surface area contributed by atoms with E-state index >= 15 is 0 Å². The van der Waals surface area contributed by atoms with E-state index < -0.39 is 4.92 Å². The van der Waals surface area contributed by atoms with Crippen molar-refractivity contribution in [1.29, 1.82) is 0 Å². The standard InChI is InChI=1S/C12H18N2O3/c1-3-12(4-2,9-15)13-10-5-7-11(8-6-10)14(16)17/h5-8,13,15H,3-4,9H2,1-2H3. The number of rotatable bonds is 6. The number of aliphatic hydroxyl groups excluding tert-OH is 1. The molecule has 5 nitrogen and oxygen atoms in total. The topological polar surface area (TPSA) is 75.4 Å². The number of nitro benzene ring substituents is 1. The molecule has 0 spiro atoms. The summed E-state index contributed by atoms with van der Waals surface area (Å²) in [4.78, 5) is 10.1. The third kappa shape index (κ3) is 3.17. The summed E-state index contributed by atoms with van der Waals surface area (Å²) in [6, 6.07) is 6.23. The van der Waals surface area contributed by atoms with Crippen LogP contribution < -0.4 is 5.32 Å². The van der Waals surface area contributed by atoms with E-state index in [1.165, 1.54) is 12.1 Å². The molecule has 0 saturated carbocycles. The second kappa shape index (κ2) is 5.63. The van der Waals surface area contributed by atoms with Crippen LogP contribution >= 0.6 is 0 Å². The molecule has 94 valence electrons. The molecule has 2 N–H and O–H groups in total. The van der Waals surface area contributed by atoms with Crippen molar-refractivity contribution in [2.45, 2.75) is 32.2 Å². The predicted octanol–water partition coefficient (Wildman–Crippen LogP) is 2.56. The Balaban J connectivity index is 2.84. The van der Waals surface area contributed by atoms with E-state index in [4.69, 9.17) is 0 Å². The zero-order valence-corrected chi connectivity index (χ0v) is 10.1. The highest BCUT2D eigenvalue weighted by Gasteiger charge is 2.24. The molecule has 0 aliphatic rings. The second-order valence-corrected chi connectivity index (χ2v) is 4.07. The van der Waals surface area contributed by atoms with Gasteiger partial charge in [0.05, 0.1) is 17.1 Å². The van der Waals surface area contributed by atoms with Gasteiger partial charge in [0.1, 0.15) is 0 Å². The van der Waals surface area contributed by atoms with Gasteiger partial charge in [0.2, 0.25) is 0 Å². The van der Waals surface area contributed by atoms with Crippen LogP contribution in [0.25, 0.3) is 0 Å². The molecule has 0 aromatic heterocycles. The van der Waals surface area contributed by atoms with Gasteiger partial charge in [0.25, 0.3) is 5.69 Å². The summed E-state index contributed by atoms with van der Waals surface area (Å²) in [5.74, 6) is 0. The molecule has 5 heteroatoms. The van der Waals surface area contributed by atoms with E-state index in [1.807, 2.05) is 13.8 Å². The molecule has 0 saturated heterocycles. The Morgan fingerprint density at radius 1 is 1.29 bits per heavy atom. The molecule has 0 heterocycles. The smallest absolute Gasteiger partial charge is 0.269 e. The lowest BCUT2D eigenvalue weighted by Crippen LogP contribution is -2.40. The highest BCUT2D eigenvalue weighted by molar-refractivity contribution is 5.50. The lowest BCUT2D eigenvalue weighted by molar-refractivity contribution is -0.384. The predicted molar refractivity (Wildman–Crippen MR) is 67.1 cm³/mol.